The molecule has 0 aliphatic heterocycles. The lowest BCUT2D eigenvalue weighted by atomic mass is 10.2. The molecule has 2 aromatic rings. The highest BCUT2D eigenvalue weighted by atomic mass is 16.1. The molecular weight excluding hydrogens is 212 g/mol. The highest BCUT2D eigenvalue weighted by Crippen LogP contribution is 2.22. The molecule has 0 aliphatic carbocycles. The van der Waals surface area contributed by atoms with Gasteiger partial charge in [0.25, 0.3) is 0 Å². The summed E-state index contributed by atoms with van der Waals surface area (Å²) in [5.74, 6) is 0.0779. The minimum absolute atomic E-state index is 0.0779. The van der Waals surface area contributed by atoms with Crippen molar-refractivity contribution in [2.75, 3.05) is 0 Å². The first-order valence-corrected chi connectivity index (χ1v) is 5.67. The van der Waals surface area contributed by atoms with E-state index < -0.39 is 0 Å². The molecule has 3 nitrogen and oxygen atoms in total. The van der Waals surface area contributed by atoms with Gasteiger partial charge >= 0.3 is 0 Å². The third kappa shape index (κ3) is 1.94. The molecule has 1 heterocycles. The molecule has 0 saturated heterocycles. The lowest BCUT2D eigenvalue weighted by Gasteiger charge is -2.04. The van der Waals surface area contributed by atoms with Crippen LogP contribution in [0.15, 0.2) is 24.3 Å². The number of Topliss-reactive ketones (excluding diaryl/α,β-unsaturated/α-hetero) is 1. The highest BCUT2D eigenvalue weighted by molar-refractivity contribution is 6.00. The van der Waals surface area contributed by atoms with Crippen molar-refractivity contribution in [3.8, 4) is 6.07 Å². The summed E-state index contributed by atoms with van der Waals surface area (Å²) >= 11 is 0. The molecule has 0 atom stereocenters. The first-order chi connectivity index (χ1) is 8.17. The summed E-state index contributed by atoms with van der Waals surface area (Å²) in [7, 11) is 0. The molecule has 0 N–H and O–H groups in total. The van der Waals surface area contributed by atoms with Crippen LogP contribution in [0.25, 0.3) is 10.9 Å². The molecule has 1 aromatic carbocycles. The van der Waals surface area contributed by atoms with Gasteiger partial charge in [-0.1, -0.05) is 19.1 Å². The van der Waals surface area contributed by atoms with Crippen LogP contribution < -0.4 is 0 Å². The van der Waals surface area contributed by atoms with Gasteiger partial charge in [-0.2, -0.15) is 5.26 Å². The van der Waals surface area contributed by atoms with Gasteiger partial charge in [-0.25, -0.2) is 0 Å². The van der Waals surface area contributed by atoms with Crippen molar-refractivity contribution in [2.24, 2.45) is 0 Å². The van der Waals surface area contributed by atoms with Gasteiger partial charge in [-0.05, 0) is 24.6 Å². The first kappa shape index (κ1) is 11.4. The summed E-state index contributed by atoms with van der Waals surface area (Å²) in [6.07, 6.45) is 0.459. The van der Waals surface area contributed by atoms with Crippen LogP contribution >= 0.6 is 0 Å². The van der Waals surface area contributed by atoms with Crippen LogP contribution in [0.4, 0.5) is 0 Å². The Bertz CT molecular complexity index is 617. The van der Waals surface area contributed by atoms with Gasteiger partial charge in [0.15, 0.2) is 5.78 Å². The Morgan fingerprint density at radius 2 is 2.18 bits per heavy atom. The topological polar surface area (TPSA) is 45.8 Å². The second kappa shape index (κ2) is 4.42. The molecule has 0 amide bonds. The van der Waals surface area contributed by atoms with Crippen molar-refractivity contribution in [3.63, 3.8) is 0 Å². The Kier molecular flexibility index (Phi) is 2.97. The van der Waals surface area contributed by atoms with E-state index in [1.165, 1.54) is 0 Å². The number of nitrogens with zero attached hydrogens (tertiary/aromatic N) is 2. The van der Waals surface area contributed by atoms with Crippen molar-refractivity contribution in [2.45, 2.75) is 26.8 Å². The molecule has 0 bridgehead atoms. The largest absolute Gasteiger partial charge is 0.324 e. The lowest BCUT2D eigenvalue weighted by Crippen LogP contribution is -2.07. The van der Waals surface area contributed by atoms with Crippen LogP contribution in [0.5, 0.6) is 0 Å². The zero-order valence-corrected chi connectivity index (χ0v) is 10.0. The minimum Gasteiger partial charge on any atom is -0.324 e. The maximum Gasteiger partial charge on any atom is 0.178 e. The van der Waals surface area contributed by atoms with E-state index in [4.69, 9.17) is 5.26 Å². The lowest BCUT2D eigenvalue weighted by molar-refractivity contribution is 0.0980. The van der Waals surface area contributed by atoms with Gasteiger partial charge in [0.1, 0.15) is 6.54 Å². The van der Waals surface area contributed by atoms with Gasteiger partial charge in [-0.3, -0.25) is 4.79 Å². The minimum atomic E-state index is 0.0779. The molecule has 0 aliphatic rings. The second-order valence-electron chi connectivity index (χ2n) is 4.11. The van der Waals surface area contributed by atoms with E-state index in [0.29, 0.717) is 12.1 Å². The molecule has 0 unspecified atom stereocenters. The number of hydrogen-bond acceptors (Lipinski definition) is 2. The molecule has 1 aromatic heterocycles. The Morgan fingerprint density at radius 3 is 2.82 bits per heavy atom. The molecule has 0 spiro atoms. The standard InChI is InChI=1S/C14H14N2O/c1-3-14(17)13-9-11-5-4-10(2)8-12(11)16(13)7-6-15/h4-5,8-9H,3,7H2,1-2H3. The van der Waals surface area contributed by atoms with E-state index in [2.05, 4.69) is 6.07 Å². The van der Waals surface area contributed by atoms with Gasteiger partial charge in [0, 0.05) is 17.3 Å². The highest BCUT2D eigenvalue weighted by Gasteiger charge is 2.13. The summed E-state index contributed by atoms with van der Waals surface area (Å²) in [5.41, 5.74) is 2.73. The number of nitriles is 1. The van der Waals surface area contributed by atoms with E-state index in [9.17, 15) is 4.79 Å². The van der Waals surface area contributed by atoms with E-state index >= 15 is 0 Å². The first-order valence-electron chi connectivity index (χ1n) is 5.67. The third-order valence-electron chi connectivity index (χ3n) is 2.90. The average Bonchev–Trinajstić information content (AvgIpc) is 2.67. The van der Waals surface area contributed by atoms with Crippen LogP contribution in [0.3, 0.4) is 0 Å². The van der Waals surface area contributed by atoms with E-state index in [1.807, 2.05) is 38.1 Å². The summed E-state index contributed by atoms with van der Waals surface area (Å²) < 4.78 is 1.80. The van der Waals surface area contributed by atoms with Gasteiger partial charge in [0.2, 0.25) is 0 Å². The number of carbonyl (C=O) groups excluding carboxylic acids is 1. The maximum absolute atomic E-state index is 11.8. The summed E-state index contributed by atoms with van der Waals surface area (Å²) in [5, 5.41) is 9.88. The van der Waals surface area contributed by atoms with Gasteiger partial charge in [0.05, 0.1) is 11.8 Å². The number of rotatable bonds is 3. The second-order valence-corrected chi connectivity index (χ2v) is 4.11. The van der Waals surface area contributed by atoms with Crippen molar-refractivity contribution in [3.05, 3.63) is 35.5 Å². The number of benzene rings is 1. The Hall–Kier alpha value is -2.08. The fraction of sp³-hybridized carbons (Fsp3) is 0.286. The van der Waals surface area contributed by atoms with Crippen LogP contribution in [0.1, 0.15) is 29.4 Å². The molecule has 2 rings (SSSR count). The number of aromatic nitrogens is 1. The van der Waals surface area contributed by atoms with E-state index in [0.717, 1.165) is 16.5 Å². The van der Waals surface area contributed by atoms with Crippen molar-refractivity contribution >= 4 is 16.7 Å². The number of ketones is 1. The predicted octanol–water partition coefficient (Wildman–Crippen LogP) is 3.07. The Balaban J connectivity index is 2.72. The van der Waals surface area contributed by atoms with E-state index in [-0.39, 0.29) is 12.3 Å². The van der Waals surface area contributed by atoms with Crippen molar-refractivity contribution in [1.82, 2.24) is 4.57 Å². The normalized spacial score (nSPS) is 10.4. The average molecular weight is 226 g/mol. The molecule has 0 fully saturated rings. The monoisotopic (exact) mass is 226 g/mol. The fourth-order valence-corrected chi connectivity index (χ4v) is 2.02. The summed E-state index contributed by atoms with van der Waals surface area (Å²) in [6, 6.07) is 10.0. The summed E-state index contributed by atoms with van der Waals surface area (Å²) in [6.45, 7) is 4.06. The quantitative estimate of drug-likeness (QED) is 0.755. The molecule has 86 valence electrons. The molecule has 0 saturated carbocycles. The molecule has 0 radical (unpaired) electrons. The van der Waals surface area contributed by atoms with Gasteiger partial charge < -0.3 is 4.57 Å². The van der Waals surface area contributed by atoms with Crippen molar-refractivity contribution in [1.29, 1.82) is 5.26 Å². The summed E-state index contributed by atoms with van der Waals surface area (Å²) in [4.78, 5) is 11.8. The van der Waals surface area contributed by atoms with Gasteiger partial charge in [-0.15, -0.1) is 0 Å². The number of hydrogen-bond donors (Lipinski definition) is 0. The van der Waals surface area contributed by atoms with Crippen LogP contribution in [0.2, 0.25) is 0 Å². The Labute approximate surface area is 100 Å². The fourth-order valence-electron chi connectivity index (χ4n) is 2.02. The zero-order valence-electron chi connectivity index (χ0n) is 10.0. The van der Waals surface area contributed by atoms with E-state index in [1.54, 1.807) is 4.57 Å². The van der Waals surface area contributed by atoms with Crippen LogP contribution in [-0.2, 0) is 6.54 Å². The van der Waals surface area contributed by atoms with Crippen LogP contribution in [0, 0.1) is 18.3 Å². The number of aryl methyl sites for hydroxylation is 1. The molecular formula is C14H14N2O. The maximum atomic E-state index is 11.8. The zero-order chi connectivity index (χ0) is 12.4. The smallest absolute Gasteiger partial charge is 0.178 e. The number of carbonyl (C=O) groups is 1. The SMILES string of the molecule is CCC(=O)c1cc2ccc(C)cc2n1CC#N. The van der Waals surface area contributed by atoms with Crippen LogP contribution in [-0.4, -0.2) is 10.4 Å². The number of fused-ring (bicyclic) bond motifs is 1. The molecule has 17 heavy (non-hydrogen) atoms. The third-order valence-corrected chi connectivity index (χ3v) is 2.90. The predicted molar refractivity (Wildman–Crippen MR) is 66.9 cm³/mol. The Morgan fingerprint density at radius 1 is 1.41 bits per heavy atom. The van der Waals surface area contributed by atoms with Crippen molar-refractivity contribution < 1.29 is 4.79 Å². The molecule has 3 heteroatoms.